The lowest BCUT2D eigenvalue weighted by molar-refractivity contribution is -0.116. The molecule has 0 aliphatic carbocycles. The zero-order chi connectivity index (χ0) is 13.8. The van der Waals surface area contributed by atoms with Gasteiger partial charge in [0.05, 0.1) is 10.2 Å². The van der Waals surface area contributed by atoms with Crippen molar-refractivity contribution in [2.45, 2.75) is 26.8 Å². The molecule has 2 aromatic rings. The first-order valence-corrected chi connectivity index (χ1v) is 6.96. The lowest BCUT2D eigenvalue weighted by Crippen LogP contribution is -2.19. The Bertz CT molecular complexity index is 555. The number of nitrogens with one attached hydrogen (secondary N) is 1. The average Bonchev–Trinajstić information content (AvgIpc) is 2.69. The van der Waals surface area contributed by atoms with Crippen LogP contribution in [0, 0.1) is 6.92 Å². The molecule has 0 fully saturated rings. The average molecular weight is 322 g/mol. The highest BCUT2D eigenvalue weighted by molar-refractivity contribution is 9.10. The predicted molar refractivity (Wildman–Crippen MR) is 79.1 cm³/mol. The van der Waals surface area contributed by atoms with Crippen molar-refractivity contribution < 1.29 is 4.79 Å². The monoisotopic (exact) mass is 321 g/mol. The van der Waals surface area contributed by atoms with Gasteiger partial charge in [-0.25, -0.2) is 0 Å². The van der Waals surface area contributed by atoms with Crippen molar-refractivity contribution in [1.29, 1.82) is 0 Å². The molecule has 0 atom stereocenters. The van der Waals surface area contributed by atoms with Gasteiger partial charge in [-0.05, 0) is 47.0 Å². The fourth-order valence-electron chi connectivity index (χ4n) is 1.75. The zero-order valence-corrected chi connectivity index (χ0v) is 12.6. The lowest BCUT2D eigenvalue weighted by Gasteiger charge is -2.06. The summed E-state index contributed by atoms with van der Waals surface area (Å²) in [6.45, 7) is 4.20. The van der Waals surface area contributed by atoms with Gasteiger partial charge in [0, 0.05) is 11.9 Å². The lowest BCUT2D eigenvalue weighted by atomic mass is 10.1. The van der Waals surface area contributed by atoms with E-state index in [-0.39, 0.29) is 12.5 Å². The molecule has 1 aromatic carbocycles. The summed E-state index contributed by atoms with van der Waals surface area (Å²) >= 11 is 3.37. The Morgan fingerprint density at radius 1 is 1.37 bits per heavy atom. The third-order valence-corrected chi connectivity index (χ3v) is 3.62. The van der Waals surface area contributed by atoms with Gasteiger partial charge in [0.2, 0.25) is 5.91 Å². The number of nitrogens with zero attached hydrogens (tertiary/aromatic N) is 2. The summed E-state index contributed by atoms with van der Waals surface area (Å²) in [5, 5.41) is 7.08. The van der Waals surface area contributed by atoms with E-state index in [0.29, 0.717) is 0 Å². The van der Waals surface area contributed by atoms with E-state index >= 15 is 0 Å². The fourth-order valence-corrected chi connectivity index (χ4v) is 2.06. The molecule has 1 amide bonds. The molecule has 0 aliphatic rings. The maximum atomic E-state index is 11.9. The second-order valence-electron chi connectivity index (χ2n) is 4.36. The van der Waals surface area contributed by atoms with Crippen molar-refractivity contribution in [1.82, 2.24) is 9.78 Å². The molecule has 0 saturated carbocycles. The van der Waals surface area contributed by atoms with Crippen LogP contribution >= 0.6 is 15.9 Å². The summed E-state index contributed by atoms with van der Waals surface area (Å²) in [5.41, 5.74) is 2.94. The first-order chi connectivity index (χ1) is 9.08. The van der Waals surface area contributed by atoms with Gasteiger partial charge in [0.15, 0.2) is 0 Å². The second-order valence-corrected chi connectivity index (χ2v) is 5.21. The first-order valence-electron chi connectivity index (χ1n) is 6.17. The van der Waals surface area contributed by atoms with Crippen LogP contribution in [-0.4, -0.2) is 15.7 Å². The van der Waals surface area contributed by atoms with Crippen molar-refractivity contribution in [3.8, 4) is 0 Å². The van der Waals surface area contributed by atoms with E-state index in [2.05, 4.69) is 33.3 Å². The summed E-state index contributed by atoms with van der Waals surface area (Å²) in [7, 11) is 0. The van der Waals surface area contributed by atoms with Gasteiger partial charge < -0.3 is 5.32 Å². The van der Waals surface area contributed by atoms with Gasteiger partial charge in [0.25, 0.3) is 0 Å². The predicted octanol–water partition coefficient (Wildman–Crippen LogP) is 3.16. The highest BCUT2D eigenvalue weighted by Crippen LogP contribution is 2.13. The summed E-state index contributed by atoms with van der Waals surface area (Å²) in [5.74, 6) is -0.0840. The molecule has 0 radical (unpaired) electrons. The molecule has 5 heteroatoms. The number of hydrogen-bond acceptors (Lipinski definition) is 2. The normalized spacial score (nSPS) is 10.5. The number of hydrogen-bond donors (Lipinski definition) is 1. The van der Waals surface area contributed by atoms with E-state index in [1.165, 1.54) is 5.56 Å². The topological polar surface area (TPSA) is 46.9 Å². The highest BCUT2D eigenvalue weighted by Gasteiger charge is 2.07. The van der Waals surface area contributed by atoms with Crippen LogP contribution in [0.5, 0.6) is 0 Å². The number of anilines is 1. The van der Waals surface area contributed by atoms with E-state index < -0.39 is 0 Å². The van der Waals surface area contributed by atoms with Crippen LogP contribution < -0.4 is 5.32 Å². The molecule has 0 aliphatic heterocycles. The van der Waals surface area contributed by atoms with E-state index in [1.54, 1.807) is 10.9 Å². The highest BCUT2D eigenvalue weighted by atomic mass is 79.9. The minimum absolute atomic E-state index is 0.0840. The molecule has 100 valence electrons. The molecule has 0 bridgehead atoms. The Morgan fingerprint density at radius 3 is 2.58 bits per heavy atom. The largest absolute Gasteiger partial charge is 0.324 e. The summed E-state index contributed by atoms with van der Waals surface area (Å²) in [6.07, 6.45) is 2.80. The van der Waals surface area contributed by atoms with E-state index in [9.17, 15) is 4.79 Å². The van der Waals surface area contributed by atoms with E-state index in [4.69, 9.17) is 0 Å². The molecular formula is C14H16BrN3O. The van der Waals surface area contributed by atoms with Crippen LogP contribution in [0.2, 0.25) is 0 Å². The standard InChI is InChI=1S/C14H16BrN3O/c1-3-11-4-6-12(7-5-11)16-14(19)9-18-8-13(15)10(2)17-18/h4-8H,3,9H2,1-2H3,(H,16,19). The molecule has 1 N–H and O–H groups in total. The number of aromatic nitrogens is 2. The van der Waals surface area contributed by atoms with Crippen LogP contribution in [-0.2, 0) is 17.8 Å². The van der Waals surface area contributed by atoms with Crippen molar-refractivity contribution >= 4 is 27.5 Å². The maximum Gasteiger partial charge on any atom is 0.246 e. The van der Waals surface area contributed by atoms with Gasteiger partial charge in [0.1, 0.15) is 6.54 Å². The molecule has 0 saturated heterocycles. The summed E-state index contributed by atoms with van der Waals surface area (Å²) < 4.78 is 2.53. The first kappa shape index (κ1) is 13.8. The molecular weight excluding hydrogens is 306 g/mol. The molecule has 1 heterocycles. The Labute approximate surface area is 120 Å². The number of aryl methyl sites for hydroxylation is 2. The summed E-state index contributed by atoms with van der Waals surface area (Å²) in [6, 6.07) is 7.87. The molecule has 19 heavy (non-hydrogen) atoms. The van der Waals surface area contributed by atoms with Crippen LogP contribution in [0.15, 0.2) is 34.9 Å². The quantitative estimate of drug-likeness (QED) is 0.940. The number of halogens is 1. The third-order valence-electron chi connectivity index (χ3n) is 2.84. The van der Waals surface area contributed by atoms with E-state index in [0.717, 1.165) is 22.3 Å². The minimum Gasteiger partial charge on any atom is -0.324 e. The molecule has 2 rings (SSSR count). The minimum atomic E-state index is -0.0840. The number of carbonyl (C=O) groups excluding carboxylic acids is 1. The molecule has 4 nitrogen and oxygen atoms in total. The van der Waals surface area contributed by atoms with Crippen LogP contribution in [0.4, 0.5) is 5.69 Å². The smallest absolute Gasteiger partial charge is 0.246 e. The van der Waals surface area contributed by atoms with Gasteiger partial charge in [-0.2, -0.15) is 5.10 Å². The number of rotatable bonds is 4. The Balaban J connectivity index is 1.96. The fraction of sp³-hybridized carbons (Fsp3) is 0.286. The molecule has 0 unspecified atom stereocenters. The Morgan fingerprint density at radius 2 is 2.05 bits per heavy atom. The Kier molecular flexibility index (Phi) is 4.37. The van der Waals surface area contributed by atoms with Crippen molar-refractivity contribution in [3.05, 3.63) is 46.2 Å². The van der Waals surface area contributed by atoms with Gasteiger partial charge in [-0.3, -0.25) is 9.48 Å². The third kappa shape index (κ3) is 3.67. The Hall–Kier alpha value is -1.62. The van der Waals surface area contributed by atoms with Crippen LogP contribution in [0.3, 0.4) is 0 Å². The SMILES string of the molecule is CCc1ccc(NC(=O)Cn2cc(Br)c(C)n2)cc1. The van der Waals surface area contributed by atoms with Crippen LogP contribution in [0.1, 0.15) is 18.2 Å². The van der Waals surface area contributed by atoms with Crippen molar-refractivity contribution in [2.24, 2.45) is 0 Å². The van der Waals surface area contributed by atoms with Crippen LogP contribution in [0.25, 0.3) is 0 Å². The number of benzene rings is 1. The van der Waals surface area contributed by atoms with Gasteiger partial charge in [-0.1, -0.05) is 19.1 Å². The zero-order valence-electron chi connectivity index (χ0n) is 11.0. The molecule has 1 aromatic heterocycles. The van der Waals surface area contributed by atoms with E-state index in [1.807, 2.05) is 31.2 Å². The van der Waals surface area contributed by atoms with Gasteiger partial charge in [-0.15, -0.1) is 0 Å². The summed E-state index contributed by atoms with van der Waals surface area (Å²) in [4.78, 5) is 11.9. The maximum absolute atomic E-state index is 11.9. The number of carbonyl (C=O) groups is 1. The number of amides is 1. The molecule has 0 spiro atoms. The van der Waals surface area contributed by atoms with Crippen molar-refractivity contribution in [3.63, 3.8) is 0 Å². The van der Waals surface area contributed by atoms with Gasteiger partial charge >= 0.3 is 0 Å². The second kappa shape index (κ2) is 6.02. The van der Waals surface area contributed by atoms with Crippen molar-refractivity contribution in [2.75, 3.05) is 5.32 Å².